The topological polar surface area (TPSA) is 116 Å². The number of carbonyl (C=O) groups is 1. The van der Waals surface area contributed by atoms with E-state index in [1.165, 1.54) is 0 Å². The first-order chi connectivity index (χ1) is 11.1. The molecule has 5 N–H and O–H groups in total. The summed E-state index contributed by atoms with van der Waals surface area (Å²) in [5, 5.41) is 1.83. The maximum atomic E-state index is 11.5. The second kappa shape index (κ2) is 4.84. The van der Waals surface area contributed by atoms with Crippen LogP contribution in [0, 0.1) is 0 Å². The molecule has 0 bridgehead atoms. The zero-order valence-corrected chi connectivity index (χ0v) is 12.2. The molecule has 1 amide bonds. The van der Waals surface area contributed by atoms with Crippen molar-refractivity contribution in [1.82, 2.24) is 19.5 Å². The van der Waals surface area contributed by atoms with Gasteiger partial charge in [0.15, 0.2) is 0 Å². The Kier molecular flexibility index (Phi) is 2.80. The molecule has 0 aliphatic heterocycles. The Morgan fingerprint density at radius 3 is 2.83 bits per heavy atom. The van der Waals surface area contributed by atoms with Crippen molar-refractivity contribution in [3.63, 3.8) is 0 Å². The summed E-state index contributed by atoms with van der Waals surface area (Å²) >= 11 is 0. The predicted octanol–water partition coefficient (Wildman–Crippen LogP) is 1.64. The van der Waals surface area contributed by atoms with Crippen LogP contribution in [0.5, 0.6) is 0 Å². The minimum absolute atomic E-state index is 0.133. The van der Waals surface area contributed by atoms with Gasteiger partial charge in [0.25, 0.3) is 5.91 Å². The minimum Gasteiger partial charge on any atom is -0.383 e. The van der Waals surface area contributed by atoms with Crippen LogP contribution in [0.1, 0.15) is 16.2 Å². The molecule has 0 saturated carbocycles. The number of benzene rings is 1. The van der Waals surface area contributed by atoms with E-state index in [1.807, 2.05) is 28.8 Å². The van der Waals surface area contributed by atoms with Gasteiger partial charge in [0.05, 0.1) is 17.6 Å². The Balaban J connectivity index is 2.06. The Morgan fingerprint density at radius 1 is 1.26 bits per heavy atom. The molecule has 23 heavy (non-hydrogen) atoms. The van der Waals surface area contributed by atoms with Crippen molar-refractivity contribution in [2.45, 2.75) is 6.54 Å². The zero-order valence-electron chi connectivity index (χ0n) is 12.2. The molecular formula is C16H14N6O. The highest BCUT2D eigenvalue weighted by atomic mass is 16.1. The molecule has 0 spiro atoms. The molecule has 0 radical (unpaired) electrons. The molecule has 3 aromatic heterocycles. The average molecular weight is 306 g/mol. The molecule has 0 saturated heterocycles. The summed E-state index contributed by atoms with van der Waals surface area (Å²) in [6.45, 7) is 0.527. The number of nitrogens with two attached hydrogens (primary N) is 2. The van der Waals surface area contributed by atoms with Crippen LogP contribution in [0.3, 0.4) is 0 Å². The zero-order chi connectivity index (χ0) is 16.0. The van der Waals surface area contributed by atoms with E-state index in [9.17, 15) is 4.79 Å². The Bertz CT molecular complexity index is 1030. The van der Waals surface area contributed by atoms with Gasteiger partial charge >= 0.3 is 0 Å². The van der Waals surface area contributed by atoms with E-state index >= 15 is 0 Å². The standard InChI is InChI=1S/C16H14N6O/c17-14-11(15(18)23)7-10-9-3-1-2-4-12(9)22(16(10)21-14)8-13-19-5-6-20-13/h1-7H,8H2,(H2,17,21)(H2,18,23)(H,19,20). The highest BCUT2D eigenvalue weighted by Gasteiger charge is 2.17. The van der Waals surface area contributed by atoms with Crippen molar-refractivity contribution in [2.75, 3.05) is 5.73 Å². The summed E-state index contributed by atoms with van der Waals surface area (Å²) in [6, 6.07) is 9.59. The fourth-order valence-corrected chi connectivity index (χ4v) is 2.86. The van der Waals surface area contributed by atoms with Crippen molar-refractivity contribution in [1.29, 1.82) is 0 Å². The lowest BCUT2D eigenvalue weighted by Crippen LogP contribution is -2.14. The van der Waals surface area contributed by atoms with Gasteiger partial charge in [0.2, 0.25) is 0 Å². The summed E-state index contributed by atoms with van der Waals surface area (Å²) in [4.78, 5) is 23.3. The van der Waals surface area contributed by atoms with Crippen molar-refractivity contribution < 1.29 is 4.79 Å². The summed E-state index contributed by atoms with van der Waals surface area (Å²) in [5.74, 6) is 0.361. The molecular weight excluding hydrogens is 292 g/mol. The third-order valence-corrected chi connectivity index (χ3v) is 3.90. The van der Waals surface area contributed by atoms with Gasteiger partial charge in [-0.1, -0.05) is 18.2 Å². The van der Waals surface area contributed by atoms with Gasteiger partial charge in [0, 0.05) is 23.2 Å². The van der Waals surface area contributed by atoms with E-state index in [1.54, 1.807) is 18.5 Å². The molecule has 0 atom stereocenters. The fraction of sp³-hybridized carbons (Fsp3) is 0.0625. The normalized spacial score (nSPS) is 11.3. The number of primary amides is 1. The first-order valence-corrected chi connectivity index (χ1v) is 7.10. The molecule has 0 fully saturated rings. The van der Waals surface area contributed by atoms with Crippen LogP contribution in [-0.2, 0) is 6.54 Å². The van der Waals surface area contributed by atoms with Gasteiger partial charge in [-0.05, 0) is 12.1 Å². The molecule has 114 valence electrons. The van der Waals surface area contributed by atoms with E-state index in [-0.39, 0.29) is 11.4 Å². The monoisotopic (exact) mass is 306 g/mol. The van der Waals surface area contributed by atoms with Gasteiger partial charge in [-0.15, -0.1) is 0 Å². The van der Waals surface area contributed by atoms with Crippen LogP contribution in [-0.4, -0.2) is 25.4 Å². The molecule has 7 heteroatoms. The number of pyridine rings is 1. The van der Waals surface area contributed by atoms with Gasteiger partial charge in [-0.2, -0.15) is 0 Å². The smallest absolute Gasteiger partial charge is 0.252 e. The number of hydrogen-bond donors (Lipinski definition) is 3. The third-order valence-electron chi connectivity index (χ3n) is 3.90. The number of rotatable bonds is 3. The predicted molar refractivity (Wildman–Crippen MR) is 87.9 cm³/mol. The number of nitrogens with one attached hydrogen (secondary N) is 1. The van der Waals surface area contributed by atoms with E-state index in [4.69, 9.17) is 11.5 Å². The second-order valence-electron chi connectivity index (χ2n) is 5.30. The largest absolute Gasteiger partial charge is 0.383 e. The minimum atomic E-state index is -0.584. The second-order valence-corrected chi connectivity index (χ2v) is 5.30. The number of hydrogen-bond acceptors (Lipinski definition) is 4. The Hall–Kier alpha value is -3.35. The van der Waals surface area contributed by atoms with Crippen molar-refractivity contribution >= 4 is 33.7 Å². The quantitative estimate of drug-likeness (QED) is 0.533. The number of imidazole rings is 1. The number of nitrogen functional groups attached to an aromatic ring is 1. The number of aromatic nitrogens is 4. The molecule has 0 aliphatic rings. The molecule has 0 unspecified atom stereocenters. The lowest BCUT2D eigenvalue weighted by atomic mass is 10.1. The van der Waals surface area contributed by atoms with Gasteiger partial charge < -0.3 is 21.0 Å². The van der Waals surface area contributed by atoms with E-state index in [2.05, 4.69) is 15.0 Å². The number of anilines is 1. The molecule has 4 aromatic rings. The number of carbonyl (C=O) groups excluding carboxylic acids is 1. The highest BCUT2D eigenvalue weighted by Crippen LogP contribution is 2.30. The maximum Gasteiger partial charge on any atom is 0.252 e. The first-order valence-electron chi connectivity index (χ1n) is 7.10. The van der Waals surface area contributed by atoms with Gasteiger partial charge in [-0.3, -0.25) is 4.79 Å². The fourth-order valence-electron chi connectivity index (χ4n) is 2.86. The number of aromatic amines is 1. The molecule has 1 aromatic carbocycles. The van der Waals surface area contributed by atoms with Crippen LogP contribution < -0.4 is 11.5 Å². The highest BCUT2D eigenvalue weighted by molar-refractivity contribution is 6.10. The number of amides is 1. The van der Waals surface area contributed by atoms with Crippen molar-refractivity contribution in [3.8, 4) is 0 Å². The maximum absolute atomic E-state index is 11.5. The van der Waals surface area contributed by atoms with Gasteiger partial charge in [0.1, 0.15) is 17.3 Å². The van der Waals surface area contributed by atoms with Crippen LogP contribution >= 0.6 is 0 Å². The van der Waals surface area contributed by atoms with Crippen LogP contribution in [0.15, 0.2) is 42.7 Å². The van der Waals surface area contributed by atoms with Crippen molar-refractivity contribution in [3.05, 3.63) is 54.1 Å². The lowest BCUT2D eigenvalue weighted by molar-refractivity contribution is 0.100. The summed E-state index contributed by atoms with van der Waals surface area (Å²) < 4.78 is 2.02. The van der Waals surface area contributed by atoms with Gasteiger partial charge in [-0.25, -0.2) is 9.97 Å². The number of H-pyrrole nitrogens is 1. The van der Waals surface area contributed by atoms with Crippen LogP contribution in [0.25, 0.3) is 21.9 Å². The average Bonchev–Trinajstić information content (AvgIpc) is 3.14. The Labute approximate surface area is 130 Å². The third kappa shape index (κ3) is 2.02. The molecule has 0 aliphatic carbocycles. The van der Waals surface area contributed by atoms with E-state index < -0.39 is 5.91 Å². The molecule has 7 nitrogen and oxygen atoms in total. The summed E-state index contributed by atoms with van der Waals surface area (Å²) in [5.41, 5.74) is 13.2. The summed E-state index contributed by atoms with van der Waals surface area (Å²) in [7, 11) is 0. The number of fused-ring (bicyclic) bond motifs is 3. The van der Waals surface area contributed by atoms with Crippen LogP contribution in [0.2, 0.25) is 0 Å². The van der Waals surface area contributed by atoms with Crippen molar-refractivity contribution in [2.24, 2.45) is 5.73 Å². The SMILES string of the molecule is NC(=O)c1cc2c3ccccc3n(Cc3ncc[nH]3)c2nc1N. The molecule has 3 heterocycles. The van der Waals surface area contributed by atoms with E-state index in [0.29, 0.717) is 12.2 Å². The molecule has 4 rings (SSSR count). The number of nitrogens with zero attached hydrogens (tertiary/aromatic N) is 3. The van der Waals surface area contributed by atoms with Crippen LogP contribution in [0.4, 0.5) is 5.82 Å². The first kappa shape index (κ1) is 13.3. The number of para-hydroxylation sites is 1. The van der Waals surface area contributed by atoms with E-state index in [0.717, 1.165) is 22.1 Å². The Morgan fingerprint density at radius 2 is 2.09 bits per heavy atom. The summed E-state index contributed by atoms with van der Waals surface area (Å²) in [6.07, 6.45) is 3.48. The lowest BCUT2D eigenvalue weighted by Gasteiger charge is -2.06.